The van der Waals surface area contributed by atoms with Crippen LogP contribution < -0.4 is 5.73 Å². The Morgan fingerprint density at radius 2 is 2.10 bits per heavy atom. The standard InChI is InChI=1S/C16H19N3O/c1-10(2)12(7-17)16-18-8-14(19-16)13-9-20-15-6-4-3-5-11(13)15/h3-6,8-10,12H,7,17H2,1-2H3,(H,18,19). The van der Waals surface area contributed by atoms with E-state index >= 15 is 0 Å². The average molecular weight is 269 g/mol. The number of nitrogens with two attached hydrogens (primary N) is 1. The quantitative estimate of drug-likeness (QED) is 0.761. The molecule has 0 aliphatic rings. The third-order valence-corrected chi connectivity index (χ3v) is 3.78. The average Bonchev–Trinajstić information content (AvgIpc) is 3.05. The van der Waals surface area contributed by atoms with Crippen molar-refractivity contribution in [1.82, 2.24) is 9.97 Å². The first-order valence-electron chi connectivity index (χ1n) is 6.92. The molecule has 2 aromatic heterocycles. The van der Waals surface area contributed by atoms with Gasteiger partial charge in [0.2, 0.25) is 0 Å². The van der Waals surface area contributed by atoms with E-state index in [0.717, 1.165) is 28.1 Å². The Hall–Kier alpha value is -2.07. The van der Waals surface area contributed by atoms with Crippen LogP contribution >= 0.6 is 0 Å². The Kier molecular flexibility index (Phi) is 3.32. The molecule has 4 heteroatoms. The lowest BCUT2D eigenvalue weighted by Crippen LogP contribution is -2.19. The molecule has 2 heterocycles. The molecule has 0 radical (unpaired) electrons. The fourth-order valence-corrected chi connectivity index (χ4v) is 2.55. The van der Waals surface area contributed by atoms with Gasteiger partial charge < -0.3 is 15.1 Å². The molecular formula is C16H19N3O. The minimum Gasteiger partial charge on any atom is -0.464 e. The predicted molar refractivity (Wildman–Crippen MR) is 80.4 cm³/mol. The summed E-state index contributed by atoms with van der Waals surface area (Å²) < 4.78 is 5.57. The maximum Gasteiger partial charge on any atom is 0.134 e. The largest absolute Gasteiger partial charge is 0.464 e. The lowest BCUT2D eigenvalue weighted by molar-refractivity contribution is 0.487. The third-order valence-electron chi connectivity index (χ3n) is 3.78. The van der Waals surface area contributed by atoms with Crippen LogP contribution in [0.25, 0.3) is 22.2 Å². The zero-order valence-corrected chi connectivity index (χ0v) is 11.8. The van der Waals surface area contributed by atoms with Crippen LogP contribution in [0, 0.1) is 5.92 Å². The van der Waals surface area contributed by atoms with Gasteiger partial charge in [-0.1, -0.05) is 32.0 Å². The van der Waals surface area contributed by atoms with Gasteiger partial charge in [0, 0.05) is 23.4 Å². The topological polar surface area (TPSA) is 67.8 Å². The zero-order valence-electron chi connectivity index (χ0n) is 11.8. The van der Waals surface area contributed by atoms with Gasteiger partial charge in [-0.3, -0.25) is 0 Å². The molecule has 0 bridgehead atoms. The Morgan fingerprint density at radius 1 is 1.30 bits per heavy atom. The summed E-state index contributed by atoms with van der Waals surface area (Å²) in [6.45, 7) is 4.91. The molecule has 0 aliphatic carbocycles. The van der Waals surface area contributed by atoms with Crippen molar-refractivity contribution < 1.29 is 4.42 Å². The normalized spacial score (nSPS) is 13.2. The van der Waals surface area contributed by atoms with Crippen LogP contribution in [-0.2, 0) is 0 Å². The van der Waals surface area contributed by atoms with E-state index in [1.165, 1.54) is 0 Å². The van der Waals surface area contributed by atoms with E-state index in [2.05, 4.69) is 29.9 Å². The number of aromatic amines is 1. The summed E-state index contributed by atoms with van der Waals surface area (Å²) in [6.07, 6.45) is 3.63. The SMILES string of the molecule is CC(C)C(CN)c1ncc(-c2coc3ccccc23)[nH]1. The number of nitrogens with one attached hydrogen (secondary N) is 1. The van der Waals surface area contributed by atoms with Crippen LogP contribution in [0.2, 0.25) is 0 Å². The van der Waals surface area contributed by atoms with E-state index in [9.17, 15) is 0 Å². The van der Waals surface area contributed by atoms with Gasteiger partial charge in [0.05, 0.1) is 11.9 Å². The monoisotopic (exact) mass is 269 g/mol. The molecule has 20 heavy (non-hydrogen) atoms. The second-order valence-corrected chi connectivity index (χ2v) is 5.41. The van der Waals surface area contributed by atoms with Crippen molar-refractivity contribution >= 4 is 11.0 Å². The first kappa shape index (κ1) is 12.9. The lowest BCUT2D eigenvalue weighted by Gasteiger charge is -2.15. The predicted octanol–water partition coefficient (Wildman–Crippen LogP) is 3.52. The van der Waals surface area contributed by atoms with Crippen molar-refractivity contribution in [2.75, 3.05) is 6.54 Å². The van der Waals surface area contributed by atoms with E-state index in [4.69, 9.17) is 10.2 Å². The molecule has 1 unspecified atom stereocenters. The number of furan rings is 1. The number of rotatable bonds is 4. The molecule has 0 amide bonds. The van der Waals surface area contributed by atoms with Gasteiger partial charge in [0.25, 0.3) is 0 Å². The minimum atomic E-state index is 0.252. The van der Waals surface area contributed by atoms with Gasteiger partial charge in [-0.05, 0) is 12.0 Å². The van der Waals surface area contributed by atoms with E-state index in [-0.39, 0.29) is 5.92 Å². The van der Waals surface area contributed by atoms with Crippen LogP contribution in [0.5, 0.6) is 0 Å². The summed E-state index contributed by atoms with van der Waals surface area (Å²) in [5.74, 6) is 1.66. The van der Waals surface area contributed by atoms with Gasteiger partial charge in [0.15, 0.2) is 0 Å². The molecule has 4 nitrogen and oxygen atoms in total. The van der Waals surface area contributed by atoms with Crippen molar-refractivity contribution in [1.29, 1.82) is 0 Å². The number of aromatic nitrogens is 2. The van der Waals surface area contributed by atoms with Crippen molar-refractivity contribution in [3.05, 3.63) is 42.5 Å². The van der Waals surface area contributed by atoms with Crippen molar-refractivity contribution in [2.45, 2.75) is 19.8 Å². The van der Waals surface area contributed by atoms with E-state index in [0.29, 0.717) is 12.5 Å². The smallest absolute Gasteiger partial charge is 0.134 e. The number of hydrogen-bond donors (Lipinski definition) is 2. The number of para-hydroxylation sites is 1. The first-order valence-corrected chi connectivity index (χ1v) is 6.92. The summed E-state index contributed by atoms with van der Waals surface area (Å²) >= 11 is 0. The van der Waals surface area contributed by atoms with E-state index in [1.807, 2.05) is 24.4 Å². The highest BCUT2D eigenvalue weighted by Gasteiger charge is 2.18. The second-order valence-electron chi connectivity index (χ2n) is 5.41. The van der Waals surface area contributed by atoms with Crippen LogP contribution in [0.15, 0.2) is 41.1 Å². The molecule has 1 aromatic carbocycles. The van der Waals surface area contributed by atoms with Crippen LogP contribution in [0.1, 0.15) is 25.6 Å². The number of imidazole rings is 1. The van der Waals surface area contributed by atoms with Crippen molar-refractivity contribution in [2.24, 2.45) is 11.7 Å². The van der Waals surface area contributed by atoms with Crippen molar-refractivity contribution in [3.63, 3.8) is 0 Å². The minimum absolute atomic E-state index is 0.252. The molecule has 0 saturated heterocycles. The van der Waals surface area contributed by atoms with E-state index < -0.39 is 0 Å². The van der Waals surface area contributed by atoms with Gasteiger partial charge in [-0.15, -0.1) is 0 Å². The van der Waals surface area contributed by atoms with Crippen LogP contribution in [0.4, 0.5) is 0 Å². The number of fused-ring (bicyclic) bond motifs is 1. The molecule has 3 N–H and O–H groups in total. The van der Waals surface area contributed by atoms with E-state index in [1.54, 1.807) is 6.26 Å². The molecule has 0 spiro atoms. The first-order chi connectivity index (χ1) is 9.70. The molecule has 104 valence electrons. The highest BCUT2D eigenvalue weighted by Crippen LogP contribution is 2.30. The summed E-state index contributed by atoms with van der Waals surface area (Å²) in [6, 6.07) is 8.00. The molecule has 3 rings (SSSR count). The molecule has 0 aliphatic heterocycles. The lowest BCUT2D eigenvalue weighted by atomic mass is 9.95. The Balaban J connectivity index is 2.01. The Bertz CT molecular complexity index is 711. The summed E-state index contributed by atoms with van der Waals surface area (Å²) in [7, 11) is 0. The molecule has 1 atom stereocenters. The van der Waals surface area contributed by atoms with Crippen LogP contribution in [-0.4, -0.2) is 16.5 Å². The molecule has 3 aromatic rings. The van der Waals surface area contributed by atoms with Crippen molar-refractivity contribution in [3.8, 4) is 11.3 Å². The van der Waals surface area contributed by atoms with Gasteiger partial charge in [0.1, 0.15) is 17.7 Å². The van der Waals surface area contributed by atoms with Gasteiger partial charge in [-0.2, -0.15) is 0 Å². The molecular weight excluding hydrogens is 250 g/mol. The Morgan fingerprint density at radius 3 is 2.85 bits per heavy atom. The molecule has 0 fully saturated rings. The number of benzene rings is 1. The fraction of sp³-hybridized carbons (Fsp3) is 0.312. The summed E-state index contributed by atoms with van der Waals surface area (Å²) in [5, 5.41) is 1.09. The summed E-state index contributed by atoms with van der Waals surface area (Å²) in [5.41, 5.74) is 8.75. The maximum atomic E-state index is 5.85. The number of nitrogens with zero attached hydrogens (tertiary/aromatic N) is 1. The van der Waals surface area contributed by atoms with Gasteiger partial charge >= 0.3 is 0 Å². The highest BCUT2D eigenvalue weighted by molar-refractivity contribution is 5.92. The van der Waals surface area contributed by atoms with Gasteiger partial charge in [-0.25, -0.2) is 4.98 Å². The Labute approximate surface area is 118 Å². The second kappa shape index (κ2) is 5.13. The highest BCUT2D eigenvalue weighted by atomic mass is 16.3. The molecule has 0 saturated carbocycles. The zero-order chi connectivity index (χ0) is 14.1. The number of hydrogen-bond acceptors (Lipinski definition) is 3. The fourth-order valence-electron chi connectivity index (χ4n) is 2.55. The summed E-state index contributed by atoms with van der Waals surface area (Å²) in [4.78, 5) is 7.88. The maximum absolute atomic E-state index is 5.85. The number of H-pyrrole nitrogens is 1. The third kappa shape index (κ3) is 2.12. The van der Waals surface area contributed by atoms with Crippen LogP contribution in [0.3, 0.4) is 0 Å².